The Kier molecular flexibility index (Phi) is 4.24. The number of hydrogen-bond acceptors (Lipinski definition) is 5. The normalized spacial score (nSPS) is 15.6. The highest BCUT2D eigenvalue weighted by Gasteiger charge is 2.22. The number of para-hydroxylation sites is 2. The third-order valence-electron chi connectivity index (χ3n) is 4.93. The summed E-state index contributed by atoms with van der Waals surface area (Å²) in [5, 5.41) is 4.37. The second kappa shape index (κ2) is 6.93. The number of rotatable bonds is 3. The molecule has 0 radical (unpaired) electrons. The van der Waals surface area contributed by atoms with Gasteiger partial charge in [-0.15, -0.1) is 11.3 Å². The summed E-state index contributed by atoms with van der Waals surface area (Å²) in [5.74, 6) is 1.16. The zero-order chi connectivity index (χ0) is 20.0. The first-order valence-corrected chi connectivity index (χ1v) is 10.1. The molecule has 0 saturated heterocycles. The van der Waals surface area contributed by atoms with Gasteiger partial charge in [-0.3, -0.25) is 9.59 Å². The summed E-state index contributed by atoms with van der Waals surface area (Å²) in [7, 11) is 0. The van der Waals surface area contributed by atoms with Crippen LogP contribution in [0.3, 0.4) is 0 Å². The molecule has 1 amide bonds. The van der Waals surface area contributed by atoms with E-state index in [4.69, 9.17) is 9.47 Å². The van der Waals surface area contributed by atoms with Crippen LogP contribution in [0.1, 0.15) is 15.2 Å². The minimum Gasteiger partial charge on any atom is -0.486 e. The van der Waals surface area contributed by atoms with E-state index in [1.807, 2.05) is 49.4 Å². The molecule has 29 heavy (non-hydrogen) atoms. The molecule has 7 heteroatoms. The Bertz CT molecular complexity index is 1310. The number of aromatic amines is 1. The fraction of sp³-hybridized carbons (Fsp3) is 0.182. The molecule has 2 aromatic carbocycles. The summed E-state index contributed by atoms with van der Waals surface area (Å²) in [6, 6.07) is 15.0. The fourth-order valence-electron chi connectivity index (χ4n) is 3.47. The second-order valence-electron chi connectivity index (χ2n) is 7.06. The standard InChI is InChI=1S/C22H18N2O4S/c1-12-6-7-16-14(8-12)20-15(21(25)24-16)9-19(29-20)22(26)23-10-13-11-27-17-4-2-3-5-18(17)28-13/h2-9,13H,10-11H2,1H3,(H,23,26)(H,24,25)/t13-/m1/s1. The van der Waals surface area contributed by atoms with Crippen LogP contribution < -0.4 is 20.3 Å². The quantitative estimate of drug-likeness (QED) is 0.545. The van der Waals surface area contributed by atoms with Gasteiger partial charge >= 0.3 is 0 Å². The average molecular weight is 406 g/mol. The number of aryl methyl sites for hydroxylation is 1. The monoisotopic (exact) mass is 406 g/mol. The van der Waals surface area contributed by atoms with Crippen molar-refractivity contribution in [3.8, 4) is 11.5 Å². The molecule has 5 rings (SSSR count). The first-order chi connectivity index (χ1) is 14.1. The van der Waals surface area contributed by atoms with Crippen molar-refractivity contribution in [3.63, 3.8) is 0 Å². The van der Waals surface area contributed by atoms with Crippen molar-refractivity contribution < 1.29 is 14.3 Å². The first-order valence-electron chi connectivity index (χ1n) is 9.31. The number of carbonyl (C=O) groups excluding carboxylic acids is 1. The highest BCUT2D eigenvalue weighted by atomic mass is 32.1. The van der Waals surface area contributed by atoms with Gasteiger partial charge in [0.05, 0.1) is 16.8 Å². The summed E-state index contributed by atoms with van der Waals surface area (Å²) >= 11 is 1.33. The number of aromatic nitrogens is 1. The van der Waals surface area contributed by atoms with Gasteiger partial charge in [-0.2, -0.15) is 0 Å². The van der Waals surface area contributed by atoms with Crippen molar-refractivity contribution in [1.29, 1.82) is 0 Å². The number of carbonyl (C=O) groups is 1. The number of pyridine rings is 1. The third-order valence-corrected chi connectivity index (χ3v) is 6.09. The van der Waals surface area contributed by atoms with Gasteiger partial charge in [-0.05, 0) is 37.3 Å². The van der Waals surface area contributed by atoms with Crippen LogP contribution >= 0.6 is 11.3 Å². The van der Waals surface area contributed by atoms with Crippen LogP contribution in [0.4, 0.5) is 0 Å². The van der Waals surface area contributed by atoms with E-state index < -0.39 is 0 Å². The summed E-state index contributed by atoms with van der Waals surface area (Å²) in [6.45, 7) is 2.69. The topological polar surface area (TPSA) is 80.4 Å². The van der Waals surface area contributed by atoms with Crippen LogP contribution in [0.15, 0.2) is 53.3 Å². The van der Waals surface area contributed by atoms with Crippen molar-refractivity contribution in [2.45, 2.75) is 13.0 Å². The fourth-order valence-corrected chi connectivity index (χ4v) is 4.58. The van der Waals surface area contributed by atoms with Crippen LogP contribution in [0, 0.1) is 6.92 Å². The Hall–Kier alpha value is -3.32. The summed E-state index contributed by atoms with van der Waals surface area (Å²) in [5.41, 5.74) is 1.68. The maximum Gasteiger partial charge on any atom is 0.261 e. The number of fused-ring (bicyclic) bond motifs is 4. The van der Waals surface area contributed by atoms with E-state index in [9.17, 15) is 9.59 Å². The molecule has 0 bridgehead atoms. The van der Waals surface area contributed by atoms with Crippen molar-refractivity contribution in [2.75, 3.05) is 13.2 Å². The van der Waals surface area contributed by atoms with Gasteiger partial charge in [-0.1, -0.05) is 23.8 Å². The van der Waals surface area contributed by atoms with E-state index in [2.05, 4.69) is 10.3 Å². The molecule has 2 aromatic heterocycles. The van der Waals surface area contributed by atoms with E-state index in [1.165, 1.54) is 11.3 Å². The molecule has 0 spiro atoms. The highest BCUT2D eigenvalue weighted by molar-refractivity contribution is 7.21. The van der Waals surface area contributed by atoms with Gasteiger partial charge < -0.3 is 19.8 Å². The summed E-state index contributed by atoms with van der Waals surface area (Å²) in [4.78, 5) is 28.5. The maximum atomic E-state index is 12.7. The molecule has 146 valence electrons. The zero-order valence-corrected chi connectivity index (χ0v) is 16.5. The summed E-state index contributed by atoms with van der Waals surface area (Å²) in [6.07, 6.45) is -0.268. The number of amides is 1. The lowest BCUT2D eigenvalue weighted by Gasteiger charge is -2.26. The Labute approximate surface area is 170 Å². The number of H-pyrrole nitrogens is 1. The maximum absolute atomic E-state index is 12.7. The van der Waals surface area contributed by atoms with Gasteiger partial charge in [0.2, 0.25) is 0 Å². The second-order valence-corrected chi connectivity index (χ2v) is 8.12. The first kappa shape index (κ1) is 17.8. The molecule has 1 atom stereocenters. The largest absolute Gasteiger partial charge is 0.486 e. The lowest BCUT2D eigenvalue weighted by Crippen LogP contribution is -2.40. The van der Waals surface area contributed by atoms with Gasteiger partial charge in [0.25, 0.3) is 11.5 Å². The Balaban J connectivity index is 1.38. The third kappa shape index (κ3) is 3.23. The van der Waals surface area contributed by atoms with Crippen LogP contribution in [0.25, 0.3) is 21.0 Å². The molecule has 4 aromatic rings. The smallest absolute Gasteiger partial charge is 0.261 e. The molecule has 0 saturated carbocycles. The van der Waals surface area contributed by atoms with E-state index in [0.717, 1.165) is 21.2 Å². The number of nitrogens with one attached hydrogen (secondary N) is 2. The van der Waals surface area contributed by atoms with Crippen molar-refractivity contribution in [1.82, 2.24) is 10.3 Å². The molecule has 6 nitrogen and oxygen atoms in total. The van der Waals surface area contributed by atoms with E-state index in [-0.39, 0.29) is 17.6 Å². The van der Waals surface area contributed by atoms with Gasteiger partial charge in [-0.25, -0.2) is 0 Å². The van der Waals surface area contributed by atoms with Crippen molar-refractivity contribution in [3.05, 3.63) is 69.3 Å². The van der Waals surface area contributed by atoms with Gasteiger partial charge in [0, 0.05) is 15.6 Å². The molecule has 3 heterocycles. The molecule has 1 aliphatic heterocycles. The highest BCUT2D eigenvalue weighted by Crippen LogP contribution is 2.31. The molecular weight excluding hydrogens is 388 g/mol. The van der Waals surface area contributed by atoms with E-state index in [0.29, 0.717) is 34.9 Å². The number of hydrogen-bond donors (Lipinski definition) is 2. The lowest BCUT2D eigenvalue weighted by atomic mass is 10.1. The van der Waals surface area contributed by atoms with Gasteiger partial charge in [0.15, 0.2) is 11.5 Å². The van der Waals surface area contributed by atoms with Crippen LogP contribution in [-0.4, -0.2) is 30.1 Å². The average Bonchev–Trinajstić information content (AvgIpc) is 3.19. The molecule has 1 aliphatic rings. The Morgan fingerprint density at radius 3 is 2.86 bits per heavy atom. The number of ether oxygens (including phenoxy) is 2. The zero-order valence-electron chi connectivity index (χ0n) is 15.7. The van der Waals surface area contributed by atoms with Gasteiger partial charge in [0.1, 0.15) is 12.7 Å². The minimum absolute atomic E-state index is 0.188. The predicted molar refractivity (Wildman–Crippen MR) is 113 cm³/mol. The number of benzene rings is 2. The van der Waals surface area contributed by atoms with E-state index >= 15 is 0 Å². The molecular formula is C22H18N2O4S. The van der Waals surface area contributed by atoms with Crippen molar-refractivity contribution >= 4 is 38.2 Å². The SMILES string of the molecule is Cc1ccc2[nH]c(=O)c3cc(C(=O)NC[C@@H]4COc5ccccc5O4)sc3c2c1. The summed E-state index contributed by atoms with van der Waals surface area (Å²) < 4.78 is 12.4. The lowest BCUT2D eigenvalue weighted by molar-refractivity contribution is 0.0791. The molecule has 2 N–H and O–H groups in total. The predicted octanol–water partition coefficient (Wildman–Crippen LogP) is 3.62. The minimum atomic E-state index is -0.268. The molecule has 0 aliphatic carbocycles. The number of thiophene rings is 1. The van der Waals surface area contributed by atoms with E-state index in [1.54, 1.807) is 6.07 Å². The van der Waals surface area contributed by atoms with Crippen molar-refractivity contribution in [2.24, 2.45) is 0 Å². The van der Waals surface area contributed by atoms with Crippen LogP contribution in [0.2, 0.25) is 0 Å². The van der Waals surface area contributed by atoms with Crippen LogP contribution in [0.5, 0.6) is 11.5 Å². The van der Waals surface area contributed by atoms with Crippen LogP contribution in [-0.2, 0) is 0 Å². The molecule has 0 unspecified atom stereocenters. The Morgan fingerprint density at radius 1 is 1.17 bits per heavy atom. The molecule has 0 fully saturated rings. The Morgan fingerprint density at radius 2 is 2.00 bits per heavy atom.